The molecule has 1 heterocycles. The Balaban J connectivity index is 2.11. The number of nitrogens with zero attached hydrogens (tertiary/aromatic N) is 3. The van der Waals surface area contributed by atoms with Crippen LogP contribution >= 0.6 is 11.6 Å². The molecule has 0 fully saturated rings. The van der Waals surface area contributed by atoms with E-state index in [2.05, 4.69) is 25.9 Å². The summed E-state index contributed by atoms with van der Waals surface area (Å²) in [5, 5.41) is 8.90. The Morgan fingerprint density at radius 1 is 1.19 bits per heavy atom. The molecule has 1 atom stereocenters. The molecule has 0 bridgehead atoms. The maximum Gasteiger partial charge on any atom is 0.261 e. The number of halogens is 1. The predicted molar refractivity (Wildman–Crippen MR) is 121 cm³/mol. The third kappa shape index (κ3) is 6.48. The number of carbonyl (C=O) groups is 4. The van der Waals surface area contributed by atoms with Crippen molar-refractivity contribution in [1.82, 2.24) is 20.2 Å². The molecule has 1 unspecified atom stereocenters. The van der Waals surface area contributed by atoms with Gasteiger partial charge in [-0.3, -0.25) is 19.3 Å². The van der Waals surface area contributed by atoms with Crippen molar-refractivity contribution in [1.29, 1.82) is 0 Å². The summed E-state index contributed by atoms with van der Waals surface area (Å²) in [5.74, 6) is -0.547. The molecule has 0 aliphatic carbocycles. The molecule has 32 heavy (non-hydrogen) atoms. The smallest absolute Gasteiger partial charge is 0.261 e. The molecule has 3 N–H and O–H groups in total. The molecule has 3 amide bonds. The van der Waals surface area contributed by atoms with Crippen LogP contribution in [0.2, 0.25) is 5.28 Å². The van der Waals surface area contributed by atoms with Gasteiger partial charge in [-0.15, -0.1) is 0 Å². The third-order valence-corrected chi connectivity index (χ3v) is 4.91. The first-order chi connectivity index (χ1) is 15.4. The highest BCUT2D eigenvalue weighted by Crippen LogP contribution is 2.21. The zero-order valence-electron chi connectivity index (χ0n) is 17.8. The quantitative estimate of drug-likeness (QED) is 0.247. The summed E-state index contributed by atoms with van der Waals surface area (Å²) in [6.45, 7) is 2.78. The Morgan fingerprint density at radius 3 is 2.59 bits per heavy atom. The monoisotopic (exact) mass is 460 g/mol. The van der Waals surface area contributed by atoms with E-state index >= 15 is 0 Å². The standard InChI is InChI=1S/C21H25ClN6O4/c1-14-15(20(32)28(13-30)17(7-4-12-29)19(31)23-2)5-3-6-16(14)24-10-11-25-18-8-9-26-21(22)27-18/h3,5-6,8-9,12-13,17,24H,4,7,10-11H2,1-2H3,(H,23,31)(H,25,26,27). The van der Waals surface area contributed by atoms with Gasteiger partial charge in [0.15, 0.2) is 0 Å². The first kappa shape index (κ1) is 24.7. The minimum atomic E-state index is -1.07. The molecule has 1 aromatic carbocycles. The SMILES string of the molecule is CNC(=O)C(CCC=O)N(C=O)C(=O)c1cccc(NCCNc2ccnc(Cl)n2)c1C. The Morgan fingerprint density at radius 2 is 1.94 bits per heavy atom. The van der Waals surface area contributed by atoms with Crippen LogP contribution in [0.4, 0.5) is 11.5 Å². The Hall–Kier alpha value is -3.53. The van der Waals surface area contributed by atoms with Crippen LogP contribution in [0.15, 0.2) is 30.5 Å². The maximum atomic E-state index is 13.1. The second-order valence-corrected chi connectivity index (χ2v) is 7.07. The molecule has 2 rings (SSSR count). The lowest BCUT2D eigenvalue weighted by atomic mass is 10.0. The summed E-state index contributed by atoms with van der Waals surface area (Å²) in [6.07, 6.45) is 2.60. The lowest BCUT2D eigenvalue weighted by Crippen LogP contribution is -2.48. The molecule has 170 valence electrons. The molecule has 2 aromatic rings. The first-order valence-corrected chi connectivity index (χ1v) is 10.3. The fraction of sp³-hybridized carbons (Fsp3) is 0.333. The zero-order chi connectivity index (χ0) is 23.5. The minimum Gasteiger partial charge on any atom is -0.383 e. The first-order valence-electron chi connectivity index (χ1n) is 9.92. The molecular weight excluding hydrogens is 436 g/mol. The second kappa shape index (κ2) is 12.4. The zero-order valence-corrected chi connectivity index (χ0v) is 18.6. The number of aldehydes is 1. The van der Waals surface area contributed by atoms with Gasteiger partial charge in [0.1, 0.15) is 18.1 Å². The minimum absolute atomic E-state index is 0.0425. The van der Waals surface area contributed by atoms with E-state index in [9.17, 15) is 19.2 Å². The fourth-order valence-electron chi connectivity index (χ4n) is 3.07. The van der Waals surface area contributed by atoms with Gasteiger partial charge in [-0.25, -0.2) is 9.97 Å². The largest absolute Gasteiger partial charge is 0.383 e. The summed E-state index contributed by atoms with van der Waals surface area (Å²) < 4.78 is 0. The number of amides is 3. The summed E-state index contributed by atoms with van der Waals surface area (Å²) in [4.78, 5) is 56.4. The van der Waals surface area contributed by atoms with Crippen molar-refractivity contribution in [3.8, 4) is 0 Å². The topological polar surface area (TPSA) is 133 Å². The average molecular weight is 461 g/mol. The number of hydrogen-bond acceptors (Lipinski definition) is 8. The number of likely N-dealkylation sites (N-methyl/N-ethyl adjacent to an activating group) is 1. The summed E-state index contributed by atoms with van der Waals surface area (Å²) in [6, 6.07) is 5.69. The van der Waals surface area contributed by atoms with Crippen molar-refractivity contribution in [2.45, 2.75) is 25.8 Å². The molecule has 0 saturated carbocycles. The van der Waals surface area contributed by atoms with Gasteiger partial charge in [0.25, 0.3) is 5.91 Å². The number of hydrogen-bond donors (Lipinski definition) is 3. The van der Waals surface area contributed by atoms with Crippen LogP contribution < -0.4 is 16.0 Å². The molecule has 0 spiro atoms. The molecule has 10 nitrogen and oxygen atoms in total. The van der Waals surface area contributed by atoms with Crippen LogP contribution in [0.5, 0.6) is 0 Å². The Labute approximate surface area is 190 Å². The van der Waals surface area contributed by atoms with E-state index in [1.807, 2.05) is 6.07 Å². The molecule has 1 aromatic heterocycles. The summed E-state index contributed by atoms with van der Waals surface area (Å²) >= 11 is 5.76. The van der Waals surface area contributed by atoms with Gasteiger partial charge >= 0.3 is 0 Å². The fourth-order valence-corrected chi connectivity index (χ4v) is 3.22. The number of nitrogens with one attached hydrogen (secondary N) is 3. The Kier molecular flexibility index (Phi) is 9.55. The van der Waals surface area contributed by atoms with E-state index in [0.717, 1.165) is 4.90 Å². The maximum absolute atomic E-state index is 13.1. The predicted octanol–water partition coefficient (Wildman–Crippen LogP) is 1.65. The number of aromatic nitrogens is 2. The van der Waals surface area contributed by atoms with E-state index in [4.69, 9.17) is 11.6 Å². The van der Waals surface area contributed by atoms with Crippen molar-refractivity contribution in [3.05, 3.63) is 46.9 Å². The number of carbonyl (C=O) groups excluding carboxylic acids is 4. The summed E-state index contributed by atoms with van der Waals surface area (Å²) in [7, 11) is 1.41. The lowest BCUT2D eigenvalue weighted by molar-refractivity contribution is -0.131. The number of anilines is 2. The van der Waals surface area contributed by atoms with Gasteiger partial charge < -0.3 is 20.7 Å². The molecule has 0 aliphatic heterocycles. The Bertz CT molecular complexity index is 971. The average Bonchev–Trinajstić information content (AvgIpc) is 2.79. The van der Waals surface area contributed by atoms with Crippen molar-refractivity contribution in [3.63, 3.8) is 0 Å². The van der Waals surface area contributed by atoms with Gasteiger partial charge in [0, 0.05) is 44.0 Å². The van der Waals surface area contributed by atoms with Crippen LogP contribution in [-0.4, -0.2) is 65.6 Å². The van der Waals surface area contributed by atoms with Gasteiger partial charge in [-0.05, 0) is 48.7 Å². The van der Waals surface area contributed by atoms with Crippen LogP contribution in [0, 0.1) is 6.92 Å². The van der Waals surface area contributed by atoms with Crippen LogP contribution in [0.3, 0.4) is 0 Å². The van der Waals surface area contributed by atoms with Gasteiger partial charge in [0.05, 0.1) is 0 Å². The van der Waals surface area contributed by atoms with E-state index in [1.165, 1.54) is 7.05 Å². The summed E-state index contributed by atoms with van der Waals surface area (Å²) in [5.41, 5.74) is 1.60. The highest BCUT2D eigenvalue weighted by atomic mass is 35.5. The molecular formula is C21H25ClN6O4. The van der Waals surface area contributed by atoms with Crippen molar-refractivity contribution < 1.29 is 19.2 Å². The second-order valence-electron chi connectivity index (χ2n) is 6.73. The highest BCUT2D eigenvalue weighted by molar-refractivity contribution is 6.28. The van der Waals surface area contributed by atoms with E-state index < -0.39 is 17.9 Å². The van der Waals surface area contributed by atoms with Crippen molar-refractivity contribution in [2.24, 2.45) is 0 Å². The van der Waals surface area contributed by atoms with Crippen molar-refractivity contribution >= 4 is 47.6 Å². The van der Waals surface area contributed by atoms with Crippen LogP contribution in [0.1, 0.15) is 28.8 Å². The molecule has 0 aliphatic rings. The van der Waals surface area contributed by atoms with E-state index in [1.54, 1.807) is 31.3 Å². The number of imide groups is 1. The third-order valence-electron chi connectivity index (χ3n) is 4.73. The van der Waals surface area contributed by atoms with Crippen molar-refractivity contribution in [2.75, 3.05) is 30.8 Å². The van der Waals surface area contributed by atoms with Gasteiger partial charge in [0.2, 0.25) is 17.6 Å². The highest BCUT2D eigenvalue weighted by Gasteiger charge is 2.30. The molecule has 0 saturated heterocycles. The molecule has 0 radical (unpaired) electrons. The van der Waals surface area contributed by atoms with E-state index in [0.29, 0.717) is 42.9 Å². The number of benzene rings is 1. The normalized spacial score (nSPS) is 11.2. The lowest BCUT2D eigenvalue weighted by Gasteiger charge is -2.26. The molecule has 11 heteroatoms. The van der Waals surface area contributed by atoms with Crippen LogP contribution in [-0.2, 0) is 14.4 Å². The van der Waals surface area contributed by atoms with Gasteiger partial charge in [-0.1, -0.05) is 6.07 Å². The van der Waals surface area contributed by atoms with E-state index in [-0.39, 0.29) is 23.7 Å². The van der Waals surface area contributed by atoms with Crippen LogP contribution in [0.25, 0.3) is 0 Å². The number of rotatable bonds is 12. The van der Waals surface area contributed by atoms with Gasteiger partial charge in [-0.2, -0.15) is 0 Å².